The second kappa shape index (κ2) is 6.61. The van der Waals surface area contributed by atoms with Gasteiger partial charge in [0.15, 0.2) is 6.04 Å². The van der Waals surface area contributed by atoms with Crippen LogP contribution in [0.4, 0.5) is 0 Å². The number of esters is 1. The van der Waals surface area contributed by atoms with Crippen LogP contribution in [0.2, 0.25) is 0 Å². The van der Waals surface area contributed by atoms with Gasteiger partial charge in [0.1, 0.15) is 0 Å². The lowest BCUT2D eigenvalue weighted by atomic mass is 9.90. The van der Waals surface area contributed by atoms with Crippen LogP contribution in [-0.2, 0) is 9.53 Å². The molecule has 0 aromatic carbocycles. The van der Waals surface area contributed by atoms with E-state index in [0.29, 0.717) is 12.5 Å². The summed E-state index contributed by atoms with van der Waals surface area (Å²) in [5.41, 5.74) is 0. The van der Waals surface area contributed by atoms with Crippen molar-refractivity contribution < 1.29 is 9.53 Å². The van der Waals surface area contributed by atoms with E-state index >= 15 is 0 Å². The molecule has 4 heteroatoms. The summed E-state index contributed by atoms with van der Waals surface area (Å²) < 4.78 is 5.16. The van der Waals surface area contributed by atoms with Gasteiger partial charge in [0, 0.05) is 0 Å². The topological polar surface area (TPSA) is 55.7 Å². The van der Waals surface area contributed by atoms with Gasteiger partial charge in [0.05, 0.1) is 6.61 Å². The molecule has 92 valence electrons. The Hall–Kier alpha value is -0.930. The quantitative estimate of drug-likeness (QED) is 0.536. The van der Waals surface area contributed by atoms with E-state index in [1.807, 2.05) is 0 Å². The molecule has 1 aliphatic carbocycles. The van der Waals surface area contributed by atoms with Crippen LogP contribution in [0.3, 0.4) is 0 Å². The van der Waals surface area contributed by atoms with Crippen LogP contribution in [0.5, 0.6) is 0 Å². The molecule has 1 saturated carbocycles. The maximum absolute atomic E-state index is 11.5. The first-order valence-electron chi connectivity index (χ1n) is 6.14. The Bertz CT molecular complexity index is 234. The second-order valence-corrected chi connectivity index (χ2v) is 4.93. The number of rotatable bonds is 5. The van der Waals surface area contributed by atoms with Gasteiger partial charge in [0.25, 0.3) is 0 Å². The van der Waals surface area contributed by atoms with Crippen molar-refractivity contribution in [1.82, 2.24) is 0 Å². The van der Waals surface area contributed by atoms with E-state index in [0.717, 1.165) is 12.8 Å². The fourth-order valence-corrected chi connectivity index (χ4v) is 2.08. The molecule has 4 nitrogen and oxygen atoms in total. The van der Waals surface area contributed by atoms with Crippen LogP contribution in [0.15, 0.2) is 5.18 Å². The van der Waals surface area contributed by atoms with Crippen LogP contribution in [0.25, 0.3) is 0 Å². The first-order chi connectivity index (χ1) is 7.65. The molecule has 0 N–H and O–H groups in total. The molecule has 0 radical (unpaired) electrons. The van der Waals surface area contributed by atoms with E-state index in [9.17, 15) is 9.70 Å². The molecule has 1 rings (SSSR count). The molecule has 1 fully saturated rings. The third kappa shape index (κ3) is 3.91. The zero-order valence-corrected chi connectivity index (χ0v) is 10.1. The molecule has 0 aromatic rings. The summed E-state index contributed by atoms with van der Waals surface area (Å²) in [4.78, 5) is 22.0. The monoisotopic (exact) mass is 227 g/mol. The highest BCUT2D eigenvalue weighted by molar-refractivity contribution is 5.76. The van der Waals surface area contributed by atoms with Crippen molar-refractivity contribution in [3.05, 3.63) is 4.91 Å². The molecule has 0 amide bonds. The lowest BCUT2D eigenvalue weighted by Gasteiger charge is -2.22. The van der Waals surface area contributed by atoms with Crippen molar-refractivity contribution in [3.8, 4) is 0 Å². The standard InChI is InChI=1S/C12H21NO3/c1-9(2)11(13-15)12(14)16-8-10-6-4-3-5-7-10/h9-11H,3-8H2,1-2H3/t11-/m0/s1. The summed E-state index contributed by atoms with van der Waals surface area (Å²) in [6.45, 7) is 4.06. The van der Waals surface area contributed by atoms with Gasteiger partial charge in [-0.25, -0.2) is 4.79 Å². The number of hydrogen-bond acceptors (Lipinski definition) is 4. The molecule has 0 unspecified atom stereocenters. The Morgan fingerprint density at radius 1 is 1.31 bits per heavy atom. The van der Waals surface area contributed by atoms with Gasteiger partial charge in [-0.3, -0.25) is 0 Å². The Kier molecular flexibility index (Phi) is 5.43. The molecular weight excluding hydrogens is 206 g/mol. The van der Waals surface area contributed by atoms with Crippen molar-refractivity contribution in [2.75, 3.05) is 6.61 Å². The van der Waals surface area contributed by atoms with Crippen molar-refractivity contribution in [3.63, 3.8) is 0 Å². The molecule has 0 heterocycles. The first kappa shape index (κ1) is 13.1. The van der Waals surface area contributed by atoms with Crippen LogP contribution in [-0.4, -0.2) is 18.6 Å². The molecule has 0 spiro atoms. The van der Waals surface area contributed by atoms with E-state index in [2.05, 4.69) is 5.18 Å². The molecule has 0 saturated heterocycles. The first-order valence-corrected chi connectivity index (χ1v) is 6.14. The Morgan fingerprint density at radius 3 is 2.44 bits per heavy atom. The minimum atomic E-state index is -0.844. The van der Waals surface area contributed by atoms with E-state index < -0.39 is 12.0 Å². The Balaban J connectivity index is 2.30. The number of hydrogen-bond donors (Lipinski definition) is 0. The highest BCUT2D eigenvalue weighted by Gasteiger charge is 2.25. The van der Waals surface area contributed by atoms with Gasteiger partial charge in [-0.1, -0.05) is 38.3 Å². The van der Waals surface area contributed by atoms with Crippen molar-refractivity contribution >= 4 is 5.97 Å². The van der Waals surface area contributed by atoms with Gasteiger partial charge < -0.3 is 4.74 Å². The molecule has 0 bridgehead atoms. The van der Waals surface area contributed by atoms with Gasteiger partial charge >= 0.3 is 5.97 Å². The van der Waals surface area contributed by atoms with E-state index in [4.69, 9.17) is 4.74 Å². The molecule has 0 aliphatic heterocycles. The normalized spacial score (nSPS) is 19.4. The van der Waals surface area contributed by atoms with E-state index in [1.54, 1.807) is 13.8 Å². The fraction of sp³-hybridized carbons (Fsp3) is 0.917. The van der Waals surface area contributed by atoms with E-state index in [-0.39, 0.29) is 5.92 Å². The van der Waals surface area contributed by atoms with Gasteiger partial charge in [-0.05, 0) is 24.7 Å². The van der Waals surface area contributed by atoms with Crippen LogP contribution in [0.1, 0.15) is 46.0 Å². The van der Waals surface area contributed by atoms with Gasteiger partial charge in [0.2, 0.25) is 0 Å². The number of carbonyl (C=O) groups excluding carboxylic acids is 1. The molecule has 1 aliphatic rings. The molecule has 16 heavy (non-hydrogen) atoms. The average Bonchev–Trinajstić information content (AvgIpc) is 2.28. The van der Waals surface area contributed by atoms with Crippen LogP contribution in [0, 0.1) is 16.7 Å². The average molecular weight is 227 g/mol. The lowest BCUT2D eigenvalue weighted by molar-refractivity contribution is -0.147. The third-order valence-corrected chi connectivity index (χ3v) is 3.17. The predicted octanol–water partition coefficient (Wildman–Crippen LogP) is 2.90. The SMILES string of the molecule is CC(C)[C@H](N=O)C(=O)OCC1CCCCC1. The van der Waals surface area contributed by atoms with Crippen molar-refractivity contribution in [2.45, 2.75) is 52.0 Å². The number of carbonyl (C=O) groups is 1. The predicted molar refractivity (Wildman–Crippen MR) is 62.0 cm³/mol. The summed E-state index contributed by atoms with van der Waals surface area (Å²) in [7, 11) is 0. The molecular formula is C12H21NO3. The smallest absolute Gasteiger partial charge is 0.334 e. The largest absolute Gasteiger partial charge is 0.464 e. The minimum Gasteiger partial charge on any atom is -0.464 e. The summed E-state index contributed by atoms with van der Waals surface area (Å²) in [5, 5.41) is 2.83. The summed E-state index contributed by atoms with van der Waals surface area (Å²) in [6, 6.07) is -0.844. The molecule has 1 atom stereocenters. The molecule has 0 aromatic heterocycles. The Labute approximate surface area is 96.7 Å². The summed E-state index contributed by atoms with van der Waals surface area (Å²) >= 11 is 0. The highest BCUT2D eigenvalue weighted by Crippen LogP contribution is 2.24. The summed E-state index contributed by atoms with van der Waals surface area (Å²) in [5.74, 6) is -0.0657. The Morgan fingerprint density at radius 2 is 1.94 bits per heavy atom. The van der Waals surface area contributed by atoms with Crippen LogP contribution >= 0.6 is 0 Å². The van der Waals surface area contributed by atoms with Crippen LogP contribution < -0.4 is 0 Å². The summed E-state index contributed by atoms with van der Waals surface area (Å²) in [6.07, 6.45) is 6.00. The number of nitrogens with zero attached hydrogens (tertiary/aromatic N) is 1. The minimum absolute atomic E-state index is 0.0867. The van der Waals surface area contributed by atoms with E-state index in [1.165, 1.54) is 19.3 Å². The maximum atomic E-state index is 11.5. The second-order valence-electron chi connectivity index (χ2n) is 4.93. The number of nitroso groups, excluding NO2 is 1. The fourth-order valence-electron chi connectivity index (χ4n) is 2.08. The maximum Gasteiger partial charge on any atom is 0.334 e. The number of ether oxygens (including phenoxy) is 1. The van der Waals surface area contributed by atoms with Gasteiger partial charge in [-0.15, -0.1) is 4.91 Å². The van der Waals surface area contributed by atoms with Crippen molar-refractivity contribution in [1.29, 1.82) is 0 Å². The lowest BCUT2D eigenvalue weighted by Crippen LogP contribution is -2.28. The van der Waals surface area contributed by atoms with Crippen molar-refractivity contribution in [2.24, 2.45) is 17.0 Å². The van der Waals surface area contributed by atoms with Gasteiger partial charge in [-0.2, -0.15) is 0 Å². The zero-order valence-electron chi connectivity index (χ0n) is 10.1. The highest BCUT2D eigenvalue weighted by atomic mass is 16.5. The third-order valence-electron chi connectivity index (χ3n) is 3.17. The zero-order chi connectivity index (χ0) is 12.0.